The van der Waals surface area contributed by atoms with Crippen molar-refractivity contribution in [1.82, 2.24) is 19.4 Å². The van der Waals surface area contributed by atoms with Crippen molar-refractivity contribution in [3.63, 3.8) is 0 Å². The first-order valence-electron chi connectivity index (χ1n) is 17.9. The Hall–Kier alpha value is -4.31. The van der Waals surface area contributed by atoms with Crippen LogP contribution in [0, 0.1) is 25.6 Å². The summed E-state index contributed by atoms with van der Waals surface area (Å²) in [6.45, 7) is 10.1. The van der Waals surface area contributed by atoms with E-state index in [1.54, 1.807) is 6.92 Å². The molecule has 49 heavy (non-hydrogen) atoms. The lowest BCUT2D eigenvalue weighted by atomic mass is 9.97. The van der Waals surface area contributed by atoms with Gasteiger partial charge in [-0.25, -0.2) is 4.39 Å². The van der Waals surface area contributed by atoms with E-state index in [9.17, 15) is 9.59 Å². The molecule has 7 rings (SSSR count). The van der Waals surface area contributed by atoms with E-state index in [0.717, 1.165) is 79.8 Å². The lowest BCUT2D eigenvalue weighted by Crippen LogP contribution is -2.48. The van der Waals surface area contributed by atoms with Crippen molar-refractivity contribution >= 4 is 28.2 Å². The standard InChI is InChI=1S/C39H47FN6O3/c1-4-49-39(48)29-7-5-16-44(22-29)37-19-36-34(18-35(37)40)38(47)30(24-46(36)31-11-12-31)23-45(21-28-13-14-41-27(3)17-28)33-8-6-15-43(25-33)32-10-9-26(2)42-20-32/h9-10,13-14,17-20,24,29,31,33H,4-8,11-12,15-16,21-23,25H2,1-3H3/t29?,33-/m0/s1. The smallest absolute Gasteiger partial charge is 0.310 e. The number of nitrogens with zero attached hydrogens (tertiary/aromatic N) is 6. The van der Waals surface area contributed by atoms with Crippen molar-refractivity contribution in [2.24, 2.45) is 5.92 Å². The normalized spacial score (nSPS) is 19.9. The number of rotatable bonds is 10. The number of fused-ring (bicyclic) bond motifs is 1. The molecule has 10 heteroatoms. The molecule has 5 heterocycles. The molecule has 258 valence electrons. The van der Waals surface area contributed by atoms with E-state index in [4.69, 9.17) is 4.74 Å². The maximum absolute atomic E-state index is 16.0. The minimum atomic E-state index is -0.424. The third-order valence-corrected chi connectivity index (χ3v) is 10.4. The third-order valence-electron chi connectivity index (χ3n) is 10.4. The van der Waals surface area contributed by atoms with Gasteiger partial charge in [0.15, 0.2) is 5.43 Å². The number of esters is 1. The first-order valence-corrected chi connectivity index (χ1v) is 17.9. The van der Waals surface area contributed by atoms with Gasteiger partial charge in [-0.2, -0.15) is 0 Å². The maximum atomic E-state index is 16.0. The first-order chi connectivity index (χ1) is 23.8. The molecule has 2 atom stereocenters. The molecule has 1 aromatic carbocycles. The summed E-state index contributed by atoms with van der Waals surface area (Å²) >= 11 is 0. The maximum Gasteiger partial charge on any atom is 0.310 e. The second-order valence-corrected chi connectivity index (χ2v) is 14.1. The van der Waals surface area contributed by atoms with E-state index in [1.807, 2.05) is 43.4 Å². The van der Waals surface area contributed by atoms with Gasteiger partial charge in [0.2, 0.25) is 0 Å². The van der Waals surface area contributed by atoms with Crippen molar-refractivity contribution in [2.75, 3.05) is 42.6 Å². The van der Waals surface area contributed by atoms with Crippen molar-refractivity contribution in [1.29, 1.82) is 0 Å². The molecule has 4 aromatic rings. The molecule has 2 saturated heterocycles. The van der Waals surface area contributed by atoms with Gasteiger partial charge in [-0.05, 0) is 101 Å². The van der Waals surface area contributed by atoms with Gasteiger partial charge < -0.3 is 19.1 Å². The lowest BCUT2D eigenvalue weighted by molar-refractivity contribution is -0.148. The summed E-state index contributed by atoms with van der Waals surface area (Å²) in [7, 11) is 0. The van der Waals surface area contributed by atoms with Crippen LogP contribution in [0.25, 0.3) is 10.9 Å². The molecule has 0 radical (unpaired) electrons. The minimum Gasteiger partial charge on any atom is -0.466 e. The SMILES string of the molecule is CCOC(=O)C1CCCN(c2cc3c(cc2F)c(=O)c(CN(Cc2ccnc(C)c2)[C@H]2CCCN(c4ccc(C)nc4)C2)cn3C2CC2)C1. The van der Waals surface area contributed by atoms with Crippen LogP contribution < -0.4 is 15.2 Å². The number of anilines is 2. The number of aryl methyl sites for hydroxylation is 2. The van der Waals surface area contributed by atoms with Crippen LogP contribution in [0.3, 0.4) is 0 Å². The Morgan fingerprint density at radius 2 is 1.78 bits per heavy atom. The van der Waals surface area contributed by atoms with E-state index >= 15 is 4.39 Å². The number of hydrogen-bond donors (Lipinski definition) is 0. The average Bonchev–Trinajstić information content (AvgIpc) is 3.95. The zero-order valence-electron chi connectivity index (χ0n) is 28.9. The zero-order valence-corrected chi connectivity index (χ0v) is 28.9. The van der Waals surface area contributed by atoms with Crippen LogP contribution in [0.5, 0.6) is 0 Å². The van der Waals surface area contributed by atoms with Crippen LogP contribution in [-0.4, -0.2) is 64.2 Å². The summed E-state index contributed by atoms with van der Waals surface area (Å²) in [4.78, 5) is 42.6. The van der Waals surface area contributed by atoms with Crippen LogP contribution in [0.4, 0.5) is 15.8 Å². The Balaban J connectivity index is 1.22. The first kappa shape index (κ1) is 33.2. The number of aromatic nitrogens is 3. The topological polar surface area (TPSA) is 83.8 Å². The van der Waals surface area contributed by atoms with Crippen LogP contribution in [0.2, 0.25) is 0 Å². The van der Waals surface area contributed by atoms with E-state index in [-0.39, 0.29) is 29.4 Å². The highest BCUT2D eigenvalue weighted by molar-refractivity contribution is 5.84. The Labute approximate surface area is 287 Å². The molecule has 9 nitrogen and oxygen atoms in total. The zero-order chi connectivity index (χ0) is 34.1. The van der Waals surface area contributed by atoms with Crippen molar-refractivity contribution in [3.8, 4) is 0 Å². The summed E-state index contributed by atoms with van der Waals surface area (Å²) in [6.07, 6.45) is 11.5. The van der Waals surface area contributed by atoms with Crippen molar-refractivity contribution in [2.45, 2.75) is 84.5 Å². The lowest BCUT2D eigenvalue weighted by Gasteiger charge is -2.40. The minimum absolute atomic E-state index is 0.119. The molecule has 2 aliphatic heterocycles. The van der Waals surface area contributed by atoms with Gasteiger partial charge in [-0.1, -0.05) is 0 Å². The monoisotopic (exact) mass is 666 g/mol. The molecule has 0 N–H and O–H groups in total. The highest BCUT2D eigenvalue weighted by Gasteiger charge is 2.32. The van der Waals surface area contributed by atoms with Gasteiger partial charge >= 0.3 is 5.97 Å². The van der Waals surface area contributed by atoms with Crippen LogP contribution in [0.15, 0.2) is 59.8 Å². The fraction of sp³-hybridized carbons (Fsp3) is 0.487. The quantitative estimate of drug-likeness (QED) is 0.182. The van der Waals surface area contributed by atoms with Crippen molar-refractivity contribution < 1.29 is 13.9 Å². The number of hydrogen-bond acceptors (Lipinski definition) is 8. The fourth-order valence-electron chi connectivity index (χ4n) is 7.68. The van der Waals surface area contributed by atoms with Crippen molar-refractivity contribution in [3.05, 3.63) is 93.5 Å². The van der Waals surface area contributed by atoms with E-state index < -0.39 is 5.82 Å². The van der Waals surface area contributed by atoms with Gasteiger partial charge in [0.1, 0.15) is 5.82 Å². The number of benzene rings is 1. The third kappa shape index (κ3) is 7.34. The summed E-state index contributed by atoms with van der Waals surface area (Å²) in [5.41, 5.74) is 6.01. The van der Waals surface area contributed by atoms with Gasteiger partial charge in [-0.3, -0.25) is 24.5 Å². The molecule has 1 saturated carbocycles. The second kappa shape index (κ2) is 14.3. The molecular formula is C39H47FN6O3. The number of carbonyl (C=O) groups is 1. The highest BCUT2D eigenvalue weighted by atomic mass is 19.1. The molecule has 1 aliphatic carbocycles. The molecule has 3 fully saturated rings. The molecular weight excluding hydrogens is 619 g/mol. The van der Waals surface area contributed by atoms with Crippen LogP contribution in [0.1, 0.15) is 74.0 Å². The summed E-state index contributed by atoms with van der Waals surface area (Å²) in [5, 5.41) is 0.417. The molecule has 0 bridgehead atoms. The second-order valence-electron chi connectivity index (χ2n) is 14.1. The Morgan fingerprint density at radius 3 is 2.53 bits per heavy atom. The van der Waals surface area contributed by atoms with Gasteiger partial charge in [0.25, 0.3) is 0 Å². The fourth-order valence-corrected chi connectivity index (χ4v) is 7.68. The number of halogens is 1. The number of carbonyl (C=O) groups excluding carboxylic acids is 1. The summed E-state index contributed by atoms with van der Waals surface area (Å²) in [6, 6.07) is 12.1. The van der Waals surface area contributed by atoms with Gasteiger partial charge in [-0.15, -0.1) is 0 Å². The predicted molar refractivity (Wildman–Crippen MR) is 190 cm³/mol. The van der Waals surface area contributed by atoms with Gasteiger partial charge in [0.05, 0.1) is 35.6 Å². The van der Waals surface area contributed by atoms with Crippen LogP contribution >= 0.6 is 0 Å². The molecule has 0 spiro atoms. The molecule has 3 aromatic heterocycles. The van der Waals surface area contributed by atoms with E-state index in [0.29, 0.717) is 49.4 Å². The molecule has 3 aliphatic rings. The number of ether oxygens (including phenoxy) is 1. The largest absolute Gasteiger partial charge is 0.466 e. The van der Waals surface area contributed by atoms with Gasteiger partial charge in [0, 0.05) is 86.1 Å². The van der Waals surface area contributed by atoms with E-state index in [2.05, 4.69) is 48.6 Å². The predicted octanol–water partition coefficient (Wildman–Crippen LogP) is 6.33. The Kier molecular flexibility index (Phi) is 9.67. The average molecular weight is 667 g/mol. The number of piperidine rings is 2. The molecule has 1 unspecified atom stereocenters. The summed E-state index contributed by atoms with van der Waals surface area (Å²) < 4.78 is 23.5. The summed E-state index contributed by atoms with van der Waals surface area (Å²) in [5.74, 6) is -0.937. The highest BCUT2D eigenvalue weighted by Crippen LogP contribution is 2.39. The van der Waals surface area contributed by atoms with Crippen LogP contribution in [-0.2, 0) is 22.6 Å². The Bertz CT molecular complexity index is 1870. The Morgan fingerprint density at radius 1 is 0.959 bits per heavy atom. The number of pyridine rings is 3. The molecule has 0 amide bonds. The van der Waals surface area contributed by atoms with E-state index in [1.165, 1.54) is 6.07 Å².